The largest absolute Gasteiger partial charge is 0.378 e. The molecule has 1 fully saturated rings. The van der Waals surface area contributed by atoms with E-state index in [0.717, 1.165) is 24.8 Å². The van der Waals surface area contributed by atoms with Crippen molar-refractivity contribution in [1.82, 2.24) is 10.2 Å². The summed E-state index contributed by atoms with van der Waals surface area (Å²) in [5, 5.41) is 2.98. The Balaban J connectivity index is 0.00000420. The summed E-state index contributed by atoms with van der Waals surface area (Å²) in [6.07, 6.45) is 3.34. The second kappa shape index (κ2) is 12.8. The number of ether oxygens (including phenoxy) is 1. The van der Waals surface area contributed by atoms with Gasteiger partial charge in [0.15, 0.2) is 0 Å². The van der Waals surface area contributed by atoms with E-state index in [1.165, 1.54) is 0 Å². The number of carbonyl (C=O) groups is 2. The third-order valence-electron chi connectivity index (χ3n) is 5.16. The van der Waals surface area contributed by atoms with Gasteiger partial charge in [-0.1, -0.05) is 32.0 Å². The first-order valence-electron chi connectivity index (χ1n) is 10.4. The molecule has 0 radical (unpaired) electrons. The smallest absolute Gasteiger partial charge is 0.252 e. The number of nitrogens with two attached hydrogens (primary N) is 1. The van der Waals surface area contributed by atoms with E-state index in [2.05, 4.69) is 19.2 Å². The standard InChI is InChI=1S/C22H35N3O3.ClH/c1-16(2)15-20(24-21(26)19-8-5-4-7-17(19)3)22(27)25-12-9-18(10-13-25)28-14-6-11-23;/h4-5,7-8,16,18,20H,6,9-15,23H2,1-3H3,(H,24,26);1H. The van der Waals surface area contributed by atoms with Crippen molar-refractivity contribution in [2.45, 2.75) is 58.6 Å². The minimum Gasteiger partial charge on any atom is -0.378 e. The van der Waals surface area contributed by atoms with Gasteiger partial charge in [-0.05, 0) is 56.7 Å². The quantitative estimate of drug-likeness (QED) is 0.596. The molecule has 1 aromatic rings. The molecule has 164 valence electrons. The molecule has 6 nitrogen and oxygen atoms in total. The first-order valence-corrected chi connectivity index (χ1v) is 10.4. The monoisotopic (exact) mass is 425 g/mol. The van der Waals surface area contributed by atoms with Gasteiger partial charge in [-0.25, -0.2) is 0 Å². The Morgan fingerprint density at radius 3 is 2.48 bits per heavy atom. The van der Waals surface area contributed by atoms with Crippen LogP contribution in [-0.2, 0) is 9.53 Å². The number of piperidine rings is 1. The molecule has 3 N–H and O–H groups in total. The number of benzene rings is 1. The Bertz CT molecular complexity index is 646. The number of nitrogens with zero attached hydrogens (tertiary/aromatic N) is 1. The maximum atomic E-state index is 13.1. The summed E-state index contributed by atoms with van der Waals surface area (Å²) >= 11 is 0. The fraction of sp³-hybridized carbons (Fsp3) is 0.636. The first kappa shape index (κ1) is 25.4. The van der Waals surface area contributed by atoms with Gasteiger partial charge in [0.1, 0.15) is 6.04 Å². The average molecular weight is 426 g/mol. The zero-order valence-corrected chi connectivity index (χ0v) is 18.7. The topological polar surface area (TPSA) is 84.7 Å². The van der Waals surface area contributed by atoms with Gasteiger partial charge in [-0.2, -0.15) is 0 Å². The zero-order valence-electron chi connectivity index (χ0n) is 17.9. The van der Waals surface area contributed by atoms with Gasteiger partial charge in [0.25, 0.3) is 5.91 Å². The molecular formula is C22H36ClN3O3. The maximum absolute atomic E-state index is 13.1. The van der Waals surface area contributed by atoms with Gasteiger partial charge in [0.2, 0.25) is 5.91 Å². The van der Waals surface area contributed by atoms with Crippen LogP contribution in [0.1, 0.15) is 55.5 Å². The zero-order chi connectivity index (χ0) is 20.5. The van der Waals surface area contributed by atoms with Gasteiger partial charge in [0, 0.05) is 25.3 Å². The lowest BCUT2D eigenvalue weighted by atomic mass is 9.99. The summed E-state index contributed by atoms with van der Waals surface area (Å²) in [4.78, 5) is 27.7. The minimum atomic E-state index is -0.498. The highest BCUT2D eigenvalue weighted by Gasteiger charge is 2.30. The van der Waals surface area contributed by atoms with Crippen LogP contribution in [0.3, 0.4) is 0 Å². The Labute approximate surface area is 181 Å². The van der Waals surface area contributed by atoms with Crippen LogP contribution in [0, 0.1) is 12.8 Å². The normalized spacial score (nSPS) is 15.7. The molecule has 1 unspecified atom stereocenters. The molecule has 1 saturated heterocycles. The number of hydrogen-bond donors (Lipinski definition) is 2. The number of carbonyl (C=O) groups excluding carboxylic acids is 2. The predicted molar refractivity (Wildman–Crippen MR) is 118 cm³/mol. The van der Waals surface area contributed by atoms with Crippen molar-refractivity contribution in [2.24, 2.45) is 11.7 Å². The molecule has 1 atom stereocenters. The molecule has 0 aromatic heterocycles. The molecule has 7 heteroatoms. The second-order valence-corrected chi connectivity index (χ2v) is 8.01. The lowest BCUT2D eigenvalue weighted by Gasteiger charge is -2.34. The fourth-order valence-corrected chi connectivity index (χ4v) is 3.55. The van der Waals surface area contributed by atoms with Crippen LogP contribution < -0.4 is 11.1 Å². The highest BCUT2D eigenvalue weighted by molar-refractivity contribution is 5.98. The number of amides is 2. The van der Waals surface area contributed by atoms with E-state index in [1.807, 2.05) is 30.0 Å². The van der Waals surface area contributed by atoms with Gasteiger partial charge in [-0.3, -0.25) is 9.59 Å². The van der Waals surface area contributed by atoms with Crippen molar-refractivity contribution < 1.29 is 14.3 Å². The summed E-state index contributed by atoms with van der Waals surface area (Å²) in [6.45, 7) is 8.69. The number of rotatable bonds is 9. The number of aryl methyl sites for hydroxylation is 1. The van der Waals surface area contributed by atoms with Gasteiger partial charge in [0.05, 0.1) is 6.10 Å². The molecule has 0 saturated carbocycles. The maximum Gasteiger partial charge on any atom is 0.252 e. The average Bonchev–Trinajstić information content (AvgIpc) is 2.67. The Morgan fingerprint density at radius 1 is 1.24 bits per heavy atom. The van der Waals surface area contributed by atoms with E-state index in [1.54, 1.807) is 6.07 Å². The fourth-order valence-electron chi connectivity index (χ4n) is 3.55. The number of nitrogens with one attached hydrogen (secondary N) is 1. The number of likely N-dealkylation sites (tertiary alicyclic amines) is 1. The van der Waals surface area contributed by atoms with Crippen LogP contribution >= 0.6 is 12.4 Å². The molecule has 0 aliphatic carbocycles. The van der Waals surface area contributed by atoms with Crippen LogP contribution in [0.5, 0.6) is 0 Å². The third kappa shape index (κ3) is 7.96. The van der Waals surface area contributed by atoms with Crippen LogP contribution in [0.2, 0.25) is 0 Å². The van der Waals surface area contributed by atoms with Crippen LogP contribution in [0.25, 0.3) is 0 Å². The number of hydrogen-bond acceptors (Lipinski definition) is 4. The lowest BCUT2D eigenvalue weighted by molar-refractivity contribution is -0.136. The molecular weight excluding hydrogens is 390 g/mol. The Hall–Kier alpha value is -1.63. The highest BCUT2D eigenvalue weighted by atomic mass is 35.5. The van der Waals surface area contributed by atoms with Crippen molar-refractivity contribution in [3.8, 4) is 0 Å². The number of halogens is 1. The molecule has 2 rings (SSSR count). The SMILES string of the molecule is Cc1ccccc1C(=O)NC(CC(C)C)C(=O)N1CCC(OCCCN)CC1.Cl. The van der Waals surface area contributed by atoms with Crippen molar-refractivity contribution >= 4 is 24.2 Å². The van der Waals surface area contributed by atoms with Gasteiger partial charge in [-0.15, -0.1) is 12.4 Å². The van der Waals surface area contributed by atoms with Crippen LogP contribution in [0.4, 0.5) is 0 Å². The van der Waals surface area contributed by atoms with E-state index in [4.69, 9.17) is 10.5 Å². The summed E-state index contributed by atoms with van der Waals surface area (Å²) < 4.78 is 5.82. The molecule has 29 heavy (non-hydrogen) atoms. The molecule has 1 aliphatic heterocycles. The Morgan fingerprint density at radius 2 is 1.90 bits per heavy atom. The van der Waals surface area contributed by atoms with Crippen molar-refractivity contribution in [3.63, 3.8) is 0 Å². The molecule has 2 amide bonds. The van der Waals surface area contributed by atoms with Crippen LogP contribution in [-0.4, -0.2) is 55.1 Å². The first-order chi connectivity index (χ1) is 13.4. The second-order valence-electron chi connectivity index (χ2n) is 8.01. The van der Waals surface area contributed by atoms with E-state index < -0.39 is 6.04 Å². The van der Waals surface area contributed by atoms with Crippen molar-refractivity contribution in [1.29, 1.82) is 0 Å². The Kier molecular flexibility index (Phi) is 11.2. The molecule has 0 bridgehead atoms. The molecule has 1 aromatic carbocycles. The predicted octanol–water partition coefficient (Wildman–Crippen LogP) is 2.92. The minimum absolute atomic E-state index is 0. The van der Waals surface area contributed by atoms with E-state index in [9.17, 15) is 9.59 Å². The van der Waals surface area contributed by atoms with Crippen LogP contribution in [0.15, 0.2) is 24.3 Å². The van der Waals surface area contributed by atoms with E-state index >= 15 is 0 Å². The summed E-state index contributed by atoms with van der Waals surface area (Å²) in [5.41, 5.74) is 7.03. The van der Waals surface area contributed by atoms with Gasteiger partial charge < -0.3 is 20.7 Å². The molecule has 1 aliphatic rings. The van der Waals surface area contributed by atoms with Crippen molar-refractivity contribution in [2.75, 3.05) is 26.2 Å². The van der Waals surface area contributed by atoms with E-state index in [0.29, 0.717) is 44.1 Å². The summed E-state index contributed by atoms with van der Waals surface area (Å²) in [7, 11) is 0. The highest BCUT2D eigenvalue weighted by Crippen LogP contribution is 2.17. The summed E-state index contributed by atoms with van der Waals surface area (Å²) in [6, 6.07) is 6.95. The van der Waals surface area contributed by atoms with Crippen molar-refractivity contribution in [3.05, 3.63) is 35.4 Å². The van der Waals surface area contributed by atoms with Gasteiger partial charge >= 0.3 is 0 Å². The lowest BCUT2D eigenvalue weighted by Crippen LogP contribution is -2.52. The van der Waals surface area contributed by atoms with E-state index in [-0.39, 0.29) is 30.3 Å². The summed E-state index contributed by atoms with van der Waals surface area (Å²) in [5.74, 6) is 0.136. The molecule has 1 heterocycles. The third-order valence-corrected chi connectivity index (χ3v) is 5.16. The molecule has 0 spiro atoms.